The molecule has 4 aliphatic rings. The van der Waals surface area contributed by atoms with Gasteiger partial charge in [0.1, 0.15) is 0 Å². The molecule has 0 aliphatic heterocycles. The topological polar surface area (TPSA) is 94.8 Å². The van der Waals surface area contributed by atoms with Crippen molar-refractivity contribution in [3.8, 4) is 0 Å². The number of aliphatic carboxylic acids is 2. The molecule has 0 aromatic rings. The lowest BCUT2D eigenvalue weighted by molar-refractivity contribution is -0.157. The number of aliphatic hydroxyl groups is 1. The van der Waals surface area contributed by atoms with Gasteiger partial charge in [-0.2, -0.15) is 0 Å². The van der Waals surface area contributed by atoms with Crippen LogP contribution in [0.25, 0.3) is 0 Å². The molecule has 22 heavy (non-hydrogen) atoms. The smallest absolute Gasteiger partial charge is 0.330 e. The quantitative estimate of drug-likeness (QED) is 0.693. The van der Waals surface area contributed by atoms with Crippen molar-refractivity contribution in [1.29, 1.82) is 0 Å². The van der Waals surface area contributed by atoms with Gasteiger partial charge in [-0.25, -0.2) is 9.59 Å². The number of carboxylic acid groups (broad SMARTS) is 2. The Hall–Kier alpha value is -1.62. The van der Waals surface area contributed by atoms with Gasteiger partial charge in [-0.3, -0.25) is 0 Å². The molecule has 0 spiro atoms. The van der Waals surface area contributed by atoms with E-state index in [4.69, 9.17) is 10.2 Å². The Kier molecular flexibility index (Phi) is 4.75. The van der Waals surface area contributed by atoms with Gasteiger partial charge in [-0.15, -0.1) is 0 Å². The SMILES string of the molecule is C=C(CC12CC3CC(CC(C3)C1O)C2)C(=O)O.C=CC(=O)O. The predicted octanol–water partition coefficient (Wildman–Crippen LogP) is 2.46. The van der Waals surface area contributed by atoms with Gasteiger partial charge in [0.2, 0.25) is 0 Å². The Bertz CT molecular complexity index is 481. The maximum absolute atomic E-state index is 10.9. The summed E-state index contributed by atoms with van der Waals surface area (Å²) in [6.07, 6.45) is 6.63. The van der Waals surface area contributed by atoms with Crippen LogP contribution in [-0.4, -0.2) is 33.4 Å². The van der Waals surface area contributed by atoms with Crippen molar-refractivity contribution < 1.29 is 24.9 Å². The molecule has 4 fully saturated rings. The fourth-order valence-electron chi connectivity index (χ4n) is 4.93. The molecule has 4 saturated carbocycles. The van der Waals surface area contributed by atoms with E-state index >= 15 is 0 Å². The Morgan fingerprint density at radius 3 is 2.05 bits per heavy atom. The molecule has 4 aliphatic carbocycles. The number of aliphatic hydroxyl groups excluding tert-OH is 1. The monoisotopic (exact) mass is 308 g/mol. The molecule has 5 heteroatoms. The highest BCUT2D eigenvalue weighted by Crippen LogP contribution is 2.61. The summed E-state index contributed by atoms with van der Waals surface area (Å²) in [6.45, 7) is 6.61. The molecule has 5 nitrogen and oxygen atoms in total. The van der Waals surface area contributed by atoms with Crippen LogP contribution in [0.2, 0.25) is 0 Å². The lowest BCUT2D eigenvalue weighted by atomic mass is 9.47. The Labute approximate surface area is 130 Å². The first-order chi connectivity index (χ1) is 10.3. The first kappa shape index (κ1) is 16.7. The zero-order valence-corrected chi connectivity index (χ0v) is 12.7. The molecule has 122 valence electrons. The van der Waals surface area contributed by atoms with E-state index < -0.39 is 11.9 Å². The highest BCUT2D eigenvalue weighted by atomic mass is 16.4. The lowest BCUT2D eigenvalue weighted by Gasteiger charge is -2.59. The highest BCUT2D eigenvalue weighted by molar-refractivity contribution is 5.85. The van der Waals surface area contributed by atoms with Gasteiger partial charge in [0, 0.05) is 17.1 Å². The van der Waals surface area contributed by atoms with Crippen molar-refractivity contribution in [3.63, 3.8) is 0 Å². The van der Waals surface area contributed by atoms with Crippen LogP contribution < -0.4 is 0 Å². The van der Waals surface area contributed by atoms with Gasteiger partial charge in [-0.05, 0) is 56.3 Å². The third-order valence-corrected chi connectivity index (χ3v) is 5.45. The number of carbonyl (C=O) groups is 2. The van der Waals surface area contributed by atoms with E-state index in [-0.39, 0.29) is 17.1 Å². The summed E-state index contributed by atoms with van der Waals surface area (Å²) < 4.78 is 0. The second-order valence-electron chi connectivity index (χ2n) is 7.04. The molecule has 3 unspecified atom stereocenters. The van der Waals surface area contributed by atoms with Crippen LogP contribution in [0.5, 0.6) is 0 Å². The summed E-state index contributed by atoms with van der Waals surface area (Å²) in [5.74, 6) is -0.0317. The summed E-state index contributed by atoms with van der Waals surface area (Å²) in [6, 6.07) is 0. The average molecular weight is 308 g/mol. The van der Waals surface area contributed by atoms with Crippen molar-refractivity contribution in [2.75, 3.05) is 0 Å². The van der Waals surface area contributed by atoms with Gasteiger partial charge in [0.25, 0.3) is 0 Å². The molecule has 4 rings (SSSR count). The van der Waals surface area contributed by atoms with Crippen molar-refractivity contribution in [3.05, 3.63) is 24.8 Å². The zero-order valence-electron chi connectivity index (χ0n) is 12.7. The van der Waals surface area contributed by atoms with E-state index in [0.29, 0.717) is 12.3 Å². The predicted molar refractivity (Wildman–Crippen MR) is 81.2 cm³/mol. The van der Waals surface area contributed by atoms with Gasteiger partial charge in [-0.1, -0.05) is 13.2 Å². The molecule has 4 bridgehead atoms. The van der Waals surface area contributed by atoms with Gasteiger partial charge >= 0.3 is 11.9 Å². The summed E-state index contributed by atoms with van der Waals surface area (Å²) in [5, 5.41) is 27.1. The van der Waals surface area contributed by atoms with Crippen LogP contribution in [0, 0.1) is 23.2 Å². The molecule has 0 saturated heterocycles. The summed E-state index contributed by atoms with van der Waals surface area (Å²) in [7, 11) is 0. The van der Waals surface area contributed by atoms with Crippen LogP contribution in [0.3, 0.4) is 0 Å². The average Bonchev–Trinajstić information content (AvgIpc) is 2.44. The molecule has 3 N–H and O–H groups in total. The number of carboxylic acids is 2. The number of hydrogen-bond acceptors (Lipinski definition) is 3. The summed E-state index contributed by atoms with van der Waals surface area (Å²) in [5.41, 5.74) is 0.107. The third kappa shape index (κ3) is 3.24. The van der Waals surface area contributed by atoms with E-state index in [9.17, 15) is 14.7 Å². The Morgan fingerprint density at radius 2 is 1.64 bits per heavy atom. The van der Waals surface area contributed by atoms with E-state index in [1.165, 1.54) is 6.42 Å². The van der Waals surface area contributed by atoms with E-state index in [1.807, 2.05) is 0 Å². The summed E-state index contributed by atoms with van der Waals surface area (Å²) >= 11 is 0. The third-order valence-electron chi connectivity index (χ3n) is 5.45. The van der Waals surface area contributed by atoms with Crippen molar-refractivity contribution >= 4 is 11.9 Å². The van der Waals surface area contributed by atoms with Gasteiger partial charge in [0.15, 0.2) is 0 Å². The van der Waals surface area contributed by atoms with Crippen LogP contribution in [0.15, 0.2) is 24.8 Å². The minimum Gasteiger partial charge on any atom is -0.478 e. The molecule has 3 atom stereocenters. The van der Waals surface area contributed by atoms with Crippen molar-refractivity contribution in [2.24, 2.45) is 23.2 Å². The largest absolute Gasteiger partial charge is 0.478 e. The van der Waals surface area contributed by atoms with Crippen molar-refractivity contribution in [1.82, 2.24) is 0 Å². The fraction of sp³-hybridized carbons (Fsp3) is 0.647. The first-order valence-electron chi connectivity index (χ1n) is 7.72. The van der Waals surface area contributed by atoms with Gasteiger partial charge < -0.3 is 15.3 Å². The van der Waals surface area contributed by atoms with Crippen LogP contribution in [-0.2, 0) is 9.59 Å². The maximum Gasteiger partial charge on any atom is 0.330 e. The lowest BCUT2D eigenvalue weighted by Crippen LogP contribution is -2.56. The van der Waals surface area contributed by atoms with Crippen LogP contribution in [0.4, 0.5) is 0 Å². The van der Waals surface area contributed by atoms with E-state index in [2.05, 4.69) is 13.2 Å². The Morgan fingerprint density at radius 1 is 1.14 bits per heavy atom. The minimum absolute atomic E-state index is 0.162. The highest BCUT2D eigenvalue weighted by Gasteiger charge is 2.56. The number of rotatable bonds is 4. The van der Waals surface area contributed by atoms with Gasteiger partial charge in [0.05, 0.1) is 6.10 Å². The molecule has 0 aromatic carbocycles. The molecule has 0 aromatic heterocycles. The number of hydrogen-bond donors (Lipinski definition) is 3. The molecular weight excluding hydrogens is 284 g/mol. The van der Waals surface area contributed by atoms with E-state index in [1.54, 1.807) is 0 Å². The first-order valence-corrected chi connectivity index (χ1v) is 7.72. The maximum atomic E-state index is 10.9. The van der Waals surface area contributed by atoms with E-state index in [0.717, 1.165) is 43.6 Å². The minimum atomic E-state index is -0.981. The van der Waals surface area contributed by atoms with Crippen molar-refractivity contribution in [2.45, 2.75) is 44.6 Å². The second-order valence-corrected chi connectivity index (χ2v) is 7.04. The second kappa shape index (κ2) is 6.24. The van der Waals surface area contributed by atoms with Crippen LogP contribution in [0.1, 0.15) is 38.5 Å². The molecule has 0 heterocycles. The fourth-order valence-corrected chi connectivity index (χ4v) is 4.93. The summed E-state index contributed by atoms with van der Waals surface area (Å²) in [4.78, 5) is 20.2. The molecular formula is C17H24O5. The zero-order chi connectivity index (χ0) is 16.5. The molecule has 0 radical (unpaired) electrons. The normalized spacial score (nSPS) is 37.9. The standard InChI is InChI=1S/C14H20O3.C3H4O2/c1-8(13(16)17)5-14-6-9-2-10(7-14)4-11(3-9)12(14)15;1-2-3(4)5/h9-12,15H,1-7H2,(H,16,17);2H,1H2,(H,4,5). The molecule has 0 amide bonds. The van der Waals surface area contributed by atoms with Crippen LogP contribution >= 0.6 is 0 Å². The Balaban J connectivity index is 0.000000309.